The van der Waals surface area contributed by atoms with Gasteiger partial charge in [0.15, 0.2) is 9.84 Å². The van der Waals surface area contributed by atoms with Crippen molar-refractivity contribution in [3.8, 4) is 11.6 Å². The Kier molecular flexibility index (Phi) is 6.29. The molecule has 1 aliphatic rings. The van der Waals surface area contributed by atoms with Crippen LogP contribution in [0.5, 0.6) is 0 Å². The molecule has 0 atom stereocenters. The molecule has 4 rings (SSSR count). The normalized spacial score (nSPS) is 15.5. The van der Waals surface area contributed by atoms with E-state index in [0.29, 0.717) is 0 Å². The number of nitrogens with two attached hydrogens (primary N) is 1. The molecule has 0 spiro atoms. The standard InChI is InChI=1S/C19H21F3N8O3S/c1-29(12-5-3-2-4-6-12)17-25-14(24-16(23)27-17)15-26-18(33-28-15)30-9-7-13(8-10-30)34(31,32)11-19(20,21)22/h2-6,13H,7-11H2,1H3,(H2,23,24,25,27). The van der Waals surface area contributed by atoms with Gasteiger partial charge in [0.25, 0.3) is 0 Å². The second-order valence-corrected chi connectivity index (χ2v) is 10.0. The predicted molar refractivity (Wildman–Crippen MR) is 117 cm³/mol. The maximum Gasteiger partial charge on any atom is 0.402 e. The maximum absolute atomic E-state index is 12.6. The number of nitrogens with zero attached hydrogens (tertiary/aromatic N) is 7. The number of alkyl halides is 3. The van der Waals surface area contributed by atoms with Gasteiger partial charge in [-0.1, -0.05) is 23.4 Å². The fourth-order valence-electron chi connectivity index (χ4n) is 3.58. The minimum Gasteiger partial charge on any atom is -0.368 e. The van der Waals surface area contributed by atoms with E-state index < -0.39 is 27.0 Å². The van der Waals surface area contributed by atoms with Gasteiger partial charge in [-0.05, 0) is 25.0 Å². The maximum atomic E-state index is 12.6. The molecule has 3 aromatic rings. The van der Waals surface area contributed by atoms with Crippen LogP contribution in [0, 0.1) is 0 Å². The zero-order valence-electron chi connectivity index (χ0n) is 18.0. The molecule has 0 radical (unpaired) electrons. The molecule has 15 heteroatoms. The molecule has 0 unspecified atom stereocenters. The van der Waals surface area contributed by atoms with Gasteiger partial charge in [-0.3, -0.25) is 0 Å². The number of hydrogen-bond acceptors (Lipinski definition) is 11. The summed E-state index contributed by atoms with van der Waals surface area (Å²) in [4.78, 5) is 20.1. The molecule has 1 aromatic carbocycles. The van der Waals surface area contributed by atoms with Crippen LogP contribution in [0.3, 0.4) is 0 Å². The van der Waals surface area contributed by atoms with Crippen molar-refractivity contribution < 1.29 is 26.1 Å². The SMILES string of the molecule is CN(c1ccccc1)c1nc(N)nc(-c2noc(N3CCC(S(=O)(=O)CC(F)(F)F)CC3)n2)n1. The van der Waals surface area contributed by atoms with E-state index in [0.717, 1.165) is 5.69 Å². The molecule has 0 bridgehead atoms. The Morgan fingerprint density at radius 2 is 1.76 bits per heavy atom. The summed E-state index contributed by atoms with van der Waals surface area (Å²) >= 11 is 0. The van der Waals surface area contributed by atoms with Crippen molar-refractivity contribution in [2.75, 3.05) is 41.4 Å². The summed E-state index contributed by atoms with van der Waals surface area (Å²) in [5.74, 6) is -1.50. The first-order valence-electron chi connectivity index (χ1n) is 10.2. The molecule has 0 saturated carbocycles. The molecule has 1 fully saturated rings. The Hall–Kier alpha value is -3.49. The average Bonchev–Trinajstić information content (AvgIpc) is 3.28. The molecule has 182 valence electrons. The van der Waals surface area contributed by atoms with E-state index in [-0.39, 0.29) is 55.5 Å². The number of anilines is 4. The van der Waals surface area contributed by atoms with E-state index >= 15 is 0 Å². The highest BCUT2D eigenvalue weighted by Gasteiger charge is 2.40. The third kappa shape index (κ3) is 5.35. The summed E-state index contributed by atoms with van der Waals surface area (Å²) in [6.07, 6.45) is -4.74. The Balaban J connectivity index is 1.48. The predicted octanol–water partition coefficient (Wildman–Crippen LogP) is 2.22. The molecule has 1 aliphatic heterocycles. The summed E-state index contributed by atoms with van der Waals surface area (Å²) in [6, 6.07) is 9.41. The lowest BCUT2D eigenvalue weighted by Gasteiger charge is -2.30. The molecule has 11 nitrogen and oxygen atoms in total. The molecule has 0 amide bonds. The second-order valence-electron chi connectivity index (χ2n) is 7.72. The third-order valence-corrected chi connectivity index (χ3v) is 7.50. The molecule has 0 aliphatic carbocycles. The highest BCUT2D eigenvalue weighted by Crippen LogP contribution is 2.28. The molecule has 34 heavy (non-hydrogen) atoms. The van der Waals surface area contributed by atoms with Gasteiger partial charge in [-0.2, -0.15) is 33.1 Å². The number of hydrogen-bond donors (Lipinski definition) is 1. The number of rotatable bonds is 6. The first-order chi connectivity index (χ1) is 16.0. The third-order valence-electron chi connectivity index (χ3n) is 5.28. The summed E-state index contributed by atoms with van der Waals surface area (Å²) in [5, 5.41) is 2.79. The minimum absolute atomic E-state index is 0.0147. The fraction of sp³-hybridized carbons (Fsp3) is 0.421. The van der Waals surface area contributed by atoms with E-state index in [1.807, 2.05) is 30.3 Å². The molecule has 1 saturated heterocycles. The van der Waals surface area contributed by atoms with Gasteiger partial charge >= 0.3 is 12.2 Å². The first-order valence-corrected chi connectivity index (χ1v) is 11.9. The van der Waals surface area contributed by atoms with Crippen LogP contribution in [0.4, 0.5) is 36.8 Å². The van der Waals surface area contributed by atoms with Crippen LogP contribution in [0.25, 0.3) is 11.6 Å². The van der Waals surface area contributed by atoms with Gasteiger partial charge in [0.1, 0.15) is 5.75 Å². The van der Waals surface area contributed by atoms with Crippen molar-refractivity contribution in [2.45, 2.75) is 24.3 Å². The smallest absolute Gasteiger partial charge is 0.368 e. The van der Waals surface area contributed by atoms with E-state index in [4.69, 9.17) is 10.3 Å². The summed E-state index contributed by atoms with van der Waals surface area (Å²) < 4.78 is 67.0. The number of sulfone groups is 1. The van der Waals surface area contributed by atoms with E-state index in [1.165, 1.54) is 0 Å². The highest BCUT2D eigenvalue weighted by atomic mass is 32.2. The number of halogens is 3. The Morgan fingerprint density at radius 3 is 2.41 bits per heavy atom. The van der Waals surface area contributed by atoms with Gasteiger partial charge in [0.05, 0.1) is 5.25 Å². The lowest BCUT2D eigenvalue weighted by atomic mass is 10.1. The fourth-order valence-corrected chi connectivity index (χ4v) is 5.21. The summed E-state index contributed by atoms with van der Waals surface area (Å²) in [7, 11) is -2.53. The lowest BCUT2D eigenvalue weighted by molar-refractivity contribution is -0.106. The second kappa shape index (κ2) is 9.04. The van der Waals surface area contributed by atoms with Gasteiger partial charge in [0, 0.05) is 25.8 Å². The highest BCUT2D eigenvalue weighted by molar-refractivity contribution is 7.92. The van der Waals surface area contributed by atoms with Crippen molar-refractivity contribution in [3.63, 3.8) is 0 Å². The van der Waals surface area contributed by atoms with Crippen molar-refractivity contribution in [3.05, 3.63) is 30.3 Å². The zero-order chi connectivity index (χ0) is 24.5. The number of nitrogen functional groups attached to an aromatic ring is 1. The quantitative estimate of drug-likeness (QED) is 0.534. The molecule has 2 N–H and O–H groups in total. The van der Waals surface area contributed by atoms with Crippen LogP contribution in [-0.2, 0) is 9.84 Å². The van der Waals surface area contributed by atoms with E-state index in [2.05, 4.69) is 25.1 Å². The average molecular weight is 498 g/mol. The number of piperidine rings is 1. The van der Waals surface area contributed by atoms with Gasteiger partial charge in [-0.25, -0.2) is 8.42 Å². The van der Waals surface area contributed by atoms with Crippen LogP contribution >= 0.6 is 0 Å². The van der Waals surface area contributed by atoms with Crippen molar-refractivity contribution in [2.24, 2.45) is 0 Å². The van der Waals surface area contributed by atoms with Crippen LogP contribution in [0.1, 0.15) is 12.8 Å². The van der Waals surface area contributed by atoms with Crippen LogP contribution in [-0.4, -0.2) is 70.8 Å². The molecular formula is C19H21F3N8O3S. The number of benzene rings is 1. The largest absolute Gasteiger partial charge is 0.402 e. The minimum atomic E-state index is -4.77. The van der Waals surface area contributed by atoms with Crippen molar-refractivity contribution >= 4 is 33.4 Å². The Morgan fingerprint density at radius 1 is 1.09 bits per heavy atom. The van der Waals surface area contributed by atoms with Crippen LogP contribution in [0.15, 0.2) is 34.9 Å². The van der Waals surface area contributed by atoms with Gasteiger partial charge < -0.3 is 20.1 Å². The van der Waals surface area contributed by atoms with Crippen molar-refractivity contribution in [1.29, 1.82) is 0 Å². The van der Waals surface area contributed by atoms with Crippen LogP contribution < -0.4 is 15.5 Å². The number of para-hydroxylation sites is 1. The summed E-state index contributed by atoms with van der Waals surface area (Å²) in [5.41, 5.74) is 6.66. The monoisotopic (exact) mass is 498 g/mol. The van der Waals surface area contributed by atoms with E-state index in [1.54, 1.807) is 16.8 Å². The van der Waals surface area contributed by atoms with Gasteiger partial charge in [-0.15, -0.1) is 0 Å². The Labute approximate surface area is 192 Å². The van der Waals surface area contributed by atoms with E-state index in [9.17, 15) is 21.6 Å². The first kappa shape index (κ1) is 23.7. The lowest BCUT2D eigenvalue weighted by Crippen LogP contribution is -2.42. The molecular weight excluding hydrogens is 477 g/mol. The van der Waals surface area contributed by atoms with Gasteiger partial charge in [0.2, 0.25) is 23.5 Å². The molecule has 2 aromatic heterocycles. The summed E-state index contributed by atoms with van der Waals surface area (Å²) in [6.45, 7) is 0.287. The van der Waals surface area contributed by atoms with Crippen molar-refractivity contribution in [1.82, 2.24) is 25.1 Å². The topological polar surface area (TPSA) is 144 Å². The van der Waals surface area contributed by atoms with Crippen LogP contribution in [0.2, 0.25) is 0 Å². The molecule has 3 heterocycles. The number of aromatic nitrogens is 5. The Bertz CT molecular complexity index is 1250. The zero-order valence-corrected chi connectivity index (χ0v) is 18.8.